The second-order valence-corrected chi connectivity index (χ2v) is 4.42. The molecule has 19 heavy (non-hydrogen) atoms. The smallest absolute Gasteiger partial charge is 0.167 e. The number of nitrogens with one attached hydrogen (secondary N) is 1. The number of benzene rings is 1. The highest BCUT2D eigenvalue weighted by Crippen LogP contribution is 2.26. The Hall–Kier alpha value is -1.88. The van der Waals surface area contributed by atoms with E-state index in [9.17, 15) is 4.39 Å². The maximum atomic E-state index is 13.6. The van der Waals surface area contributed by atoms with Gasteiger partial charge in [0.15, 0.2) is 22.5 Å². The molecule has 2 aromatic rings. The van der Waals surface area contributed by atoms with Crippen LogP contribution in [0, 0.1) is 19.7 Å². The highest BCUT2D eigenvalue weighted by atomic mass is 35.5. The molecule has 1 aromatic heterocycles. The third kappa shape index (κ3) is 2.76. The third-order valence-corrected chi connectivity index (χ3v) is 3.24. The molecular formula is C13H13ClFN3O. The lowest BCUT2D eigenvalue weighted by Crippen LogP contribution is -2.01. The molecule has 0 fully saturated rings. The van der Waals surface area contributed by atoms with Crippen molar-refractivity contribution in [1.82, 2.24) is 10.2 Å². The van der Waals surface area contributed by atoms with E-state index in [1.165, 1.54) is 13.2 Å². The summed E-state index contributed by atoms with van der Waals surface area (Å²) >= 11 is 5.88. The summed E-state index contributed by atoms with van der Waals surface area (Å²) in [7, 11) is 1.42. The van der Waals surface area contributed by atoms with Crippen molar-refractivity contribution in [3.8, 4) is 5.75 Å². The summed E-state index contributed by atoms with van der Waals surface area (Å²) in [6.45, 7) is 3.73. The van der Waals surface area contributed by atoms with Gasteiger partial charge in [-0.25, -0.2) is 4.39 Å². The first-order valence-electron chi connectivity index (χ1n) is 5.63. The first kappa shape index (κ1) is 13.5. The number of anilines is 2. The van der Waals surface area contributed by atoms with Gasteiger partial charge in [0.05, 0.1) is 7.11 Å². The zero-order valence-electron chi connectivity index (χ0n) is 10.8. The van der Waals surface area contributed by atoms with Crippen LogP contribution in [0.2, 0.25) is 5.15 Å². The molecule has 100 valence electrons. The Bertz CT molecular complexity index is 619. The summed E-state index contributed by atoms with van der Waals surface area (Å²) in [5, 5.41) is 11.2. The molecule has 0 atom stereocenters. The number of rotatable bonds is 3. The molecule has 1 aromatic carbocycles. The lowest BCUT2D eigenvalue weighted by molar-refractivity contribution is 0.386. The topological polar surface area (TPSA) is 47.0 Å². The van der Waals surface area contributed by atoms with Crippen molar-refractivity contribution < 1.29 is 9.13 Å². The summed E-state index contributed by atoms with van der Waals surface area (Å²) in [4.78, 5) is 0. The van der Waals surface area contributed by atoms with Gasteiger partial charge in [-0.05, 0) is 37.1 Å². The predicted molar refractivity (Wildman–Crippen MR) is 72.8 cm³/mol. The normalized spacial score (nSPS) is 10.4. The average Bonchev–Trinajstić information content (AvgIpc) is 2.40. The van der Waals surface area contributed by atoms with E-state index >= 15 is 0 Å². The van der Waals surface area contributed by atoms with Gasteiger partial charge in [-0.2, -0.15) is 0 Å². The number of methoxy groups -OCH3 is 1. The van der Waals surface area contributed by atoms with Gasteiger partial charge in [-0.3, -0.25) is 0 Å². The first-order valence-corrected chi connectivity index (χ1v) is 6.00. The van der Waals surface area contributed by atoms with E-state index < -0.39 is 5.82 Å². The Morgan fingerprint density at radius 1 is 1.21 bits per heavy atom. The largest absolute Gasteiger partial charge is 0.494 e. The van der Waals surface area contributed by atoms with E-state index in [0.29, 0.717) is 16.7 Å². The minimum Gasteiger partial charge on any atom is -0.494 e. The quantitative estimate of drug-likeness (QED) is 0.933. The molecule has 0 aliphatic heterocycles. The lowest BCUT2D eigenvalue weighted by atomic mass is 10.2. The van der Waals surface area contributed by atoms with Crippen LogP contribution in [0.4, 0.5) is 15.9 Å². The van der Waals surface area contributed by atoms with Crippen molar-refractivity contribution in [3.63, 3.8) is 0 Å². The van der Waals surface area contributed by atoms with Gasteiger partial charge in [0, 0.05) is 11.8 Å². The van der Waals surface area contributed by atoms with Crippen LogP contribution in [-0.4, -0.2) is 17.3 Å². The molecule has 0 amide bonds. The number of ether oxygens (including phenoxy) is 1. The first-order chi connectivity index (χ1) is 9.02. The fourth-order valence-electron chi connectivity index (χ4n) is 1.58. The second-order valence-electron chi connectivity index (χ2n) is 4.06. The summed E-state index contributed by atoms with van der Waals surface area (Å²) in [5.74, 6) is 0.302. The molecule has 0 bridgehead atoms. The van der Waals surface area contributed by atoms with Crippen molar-refractivity contribution in [3.05, 3.63) is 40.3 Å². The Labute approximate surface area is 115 Å². The van der Waals surface area contributed by atoms with Crippen LogP contribution in [-0.2, 0) is 0 Å². The molecule has 4 nitrogen and oxygen atoms in total. The van der Waals surface area contributed by atoms with E-state index in [-0.39, 0.29) is 5.75 Å². The molecular weight excluding hydrogens is 269 g/mol. The molecule has 6 heteroatoms. The molecule has 2 rings (SSSR count). The summed E-state index contributed by atoms with van der Waals surface area (Å²) in [6, 6.07) is 4.58. The highest BCUT2D eigenvalue weighted by Gasteiger charge is 2.09. The van der Waals surface area contributed by atoms with Gasteiger partial charge in [-0.15, -0.1) is 10.2 Å². The summed E-state index contributed by atoms with van der Waals surface area (Å²) in [5.41, 5.74) is 2.28. The molecule has 0 saturated carbocycles. The van der Waals surface area contributed by atoms with Crippen LogP contribution < -0.4 is 10.1 Å². The molecule has 0 radical (unpaired) electrons. The minimum atomic E-state index is -0.441. The maximum absolute atomic E-state index is 13.6. The van der Waals surface area contributed by atoms with Gasteiger partial charge in [0.1, 0.15) is 0 Å². The standard InChI is InChI=1S/C13H13ClFN3O/c1-7-8(2)13(18-17-12(7)14)16-9-4-5-11(19-3)10(15)6-9/h4-6H,1-3H3,(H,16,18). The predicted octanol–water partition coefficient (Wildman–Crippen LogP) is 3.64. The Morgan fingerprint density at radius 2 is 1.95 bits per heavy atom. The zero-order valence-corrected chi connectivity index (χ0v) is 11.5. The molecule has 0 aliphatic rings. The van der Waals surface area contributed by atoms with Crippen LogP contribution in [0.3, 0.4) is 0 Å². The van der Waals surface area contributed by atoms with Crippen LogP contribution in [0.5, 0.6) is 5.75 Å². The Morgan fingerprint density at radius 3 is 2.58 bits per heavy atom. The average molecular weight is 282 g/mol. The second kappa shape index (κ2) is 5.40. The lowest BCUT2D eigenvalue weighted by Gasteiger charge is -2.11. The van der Waals surface area contributed by atoms with Crippen molar-refractivity contribution in [2.24, 2.45) is 0 Å². The summed E-state index contributed by atoms with van der Waals surface area (Å²) < 4.78 is 18.4. The number of aromatic nitrogens is 2. The maximum Gasteiger partial charge on any atom is 0.167 e. The van der Waals surface area contributed by atoms with Gasteiger partial charge in [-0.1, -0.05) is 11.6 Å². The molecule has 0 spiro atoms. The van der Waals surface area contributed by atoms with Crippen LogP contribution in [0.25, 0.3) is 0 Å². The van der Waals surface area contributed by atoms with Crippen molar-refractivity contribution in [2.45, 2.75) is 13.8 Å². The minimum absolute atomic E-state index is 0.195. The fraction of sp³-hybridized carbons (Fsp3) is 0.231. The van der Waals surface area contributed by atoms with E-state index in [0.717, 1.165) is 11.1 Å². The van der Waals surface area contributed by atoms with Crippen LogP contribution in [0.1, 0.15) is 11.1 Å². The van der Waals surface area contributed by atoms with E-state index in [1.54, 1.807) is 12.1 Å². The molecule has 0 unspecified atom stereocenters. The number of halogens is 2. The molecule has 1 heterocycles. The van der Waals surface area contributed by atoms with E-state index in [2.05, 4.69) is 15.5 Å². The van der Waals surface area contributed by atoms with Gasteiger partial charge >= 0.3 is 0 Å². The zero-order chi connectivity index (χ0) is 14.0. The molecule has 1 N–H and O–H groups in total. The van der Waals surface area contributed by atoms with Crippen LogP contribution in [0.15, 0.2) is 18.2 Å². The summed E-state index contributed by atoms with van der Waals surface area (Å²) in [6.07, 6.45) is 0. The van der Waals surface area contributed by atoms with Crippen molar-refractivity contribution in [1.29, 1.82) is 0 Å². The monoisotopic (exact) mass is 281 g/mol. The van der Waals surface area contributed by atoms with E-state index in [4.69, 9.17) is 16.3 Å². The van der Waals surface area contributed by atoms with Crippen molar-refractivity contribution in [2.75, 3.05) is 12.4 Å². The van der Waals surface area contributed by atoms with Gasteiger partial charge < -0.3 is 10.1 Å². The molecule has 0 saturated heterocycles. The van der Waals surface area contributed by atoms with Gasteiger partial charge in [0.25, 0.3) is 0 Å². The number of hydrogen-bond donors (Lipinski definition) is 1. The highest BCUT2D eigenvalue weighted by molar-refractivity contribution is 6.30. The fourth-order valence-corrected chi connectivity index (χ4v) is 1.76. The number of nitrogens with zero attached hydrogens (tertiary/aromatic N) is 2. The van der Waals surface area contributed by atoms with Crippen LogP contribution >= 0.6 is 11.6 Å². The SMILES string of the molecule is COc1ccc(Nc2nnc(Cl)c(C)c2C)cc1F. The third-order valence-electron chi connectivity index (χ3n) is 2.88. The van der Waals surface area contributed by atoms with Crippen molar-refractivity contribution >= 4 is 23.1 Å². The molecule has 0 aliphatic carbocycles. The Kier molecular flexibility index (Phi) is 3.85. The Balaban J connectivity index is 2.31. The van der Waals surface area contributed by atoms with Gasteiger partial charge in [0.2, 0.25) is 0 Å². The van der Waals surface area contributed by atoms with E-state index in [1.807, 2.05) is 13.8 Å². The number of hydrogen-bond acceptors (Lipinski definition) is 4.